The van der Waals surface area contributed by atoms with Crippen LogP contribution in [0.5, 0.6) is 5.75 Å². The van der Waals surface area contributed by atoms with Gasteiger partial charge in [0.2, 0.25) is 0 Å². The first-order valence-corrected chi connectivity index (χ1v) is 6.19. The minimum absolute atomic E-state index is 0.534. The van der Waals surface area contributed by atoms with Gasteiger partial charge in [0.25, 0.3) is 0 Å². The molecule has 1 aromatic carbocycles. The fourth-order valence-corrected chi connectivity index (χ4v) is 2.43. The van der Waals surface area contributed by atoms with E-state index in [1.165, 1.54) is 36.8 Å². The van der Waals surface area contributed by atoms with Gasteiger partial charge in [0, 0.05) is 6.04 Å². The van der Waals surface area contributed by atoms with Gasteiger partial charge in [-0.1, -0.05) is 25.0 Å². The highest BCUT2D eigenvalue weighted by Gasteiger charge is 2.14. The molecule has 2 nitrogen and oxygen atoms in total. The van der Waals surface area contributed by atoms with E-state index in [4.69, 9.17) is 4.74 Å². The summed E-state index contributed by atoms with van der Waals surface area (Å²) in [6.45, 7) is 3.26. The summed E-state index contributed by atoms with van der Waals surface area (Å²) >= 11 is 0. The Labute approximate surface area is 98.0 Å². The van der Waals surface area contributed by atoms with Crippen LogP contribution < -0.4 is 10.1 Å². The molecule has 2 heteroatoms. The molecule has 0 saturated carbocycles. The van der Waals surface area contributed by atoms with E-state index in [-0.39, 0.29) is 0 Å². The molecule has 0 unspecified atom stereocenters. The van der Waals surface area contributed by atoms with Gasteiger partial charge < -0.3 is 10.1 Å². The van der Waals surface area contributed by atoms with Crippen molar-refractivity contribution in [2.75, 3.05) is 13.7 Å². The third-order valence-corrected chi connectivity index (χ3v) is 3.38. The third kappa shape index (κ3) is 2.56. The van der Waals surface area contributed by atoms with Gasteiger partial charge in [0.1, 0.15) is 5.75 Å². The van der Waals surface area contributed by atoms with E-state index < -0.39 is 0 Å². The van der Waals surface area contributed by atoms with E-state index in [0.29, 0.717) is 6.04 Å². The first kappa shape index (κ1) is 11.5. The van der Waals surface area contributed by atoms with E-state index in [2.05, 4.69) is 30.4 Å². The minimum Gasteiger partial charge on any atom is -0.496 e. The molecule has 0 spiro atoms. The number of aryl methyl sites for hydroxylation is 1. The maximum Gasteiger partial charge on any atom is 0.121 e. The first-order chi connectivity index (χ1) is 7.81. The zero-order chi connectivity index (χ0) is 11.4. The summed E-state index contributed by atoms with van der Waals surface area (Å²) in [5, 5.41) is 3.62. The number of methoxy groups -OCH3 is 1. The lowest BCUT2D eigenvalue weighted by Gasteiger charge is -2.17. The molecule has 1 aliphatic heterocycles. The molecule has 1 aromatic rings. The average Bonchev–Trinajstić information content (AvgIpc) is 2.57. The summed E-state index contributed by atoms with van der Waals surface area (Å²) < 4.78 is 5.29. The average molecular weight is 219 g/mol. The van der Waals surface area contributed by atoms with Crippen LogP contribution in [0.2, 0.25) is 0 Å². The van der Waals surface area contributed by atoms with Gasteiger partial charge in [0.15, 0.2) is 0 Å². The van der Waals surface area contributed by atoms with Crippen molar-refractivity contribution in [2.45, 2.75) is 38.6 Å². The van der Waals surface area contributed by atoms with E-state index in [1.54, 1.807) is 7.11 Å². The molecule has 1 aliphatic rings. The molecule has 0 radical (unpaired) electrons. The van der Waals surface area contributed by atoms with Crippen molar-refractivity contribution in [3.8, 4) is 5.75 Å². The molecule has 88 valence electrons. The maximum absolute atomic E-state index is 5.29. The van der Waals surface area contributed by atoms with Gasteiger partial charge in [0.05, 0.1) is 7.11 Å². The molecule has 0 bridgehead atoms. The molecule has 1 saturated heterocycles. The first-order valence-electron chi connectivity index (χ1n) is 6.19. The minimum atomic E-state index is 0.534. The normalized spacial score (nSPS) is 21.5. The molecule has 1 N–H and O–H groups in total. The van der Waals surface area contributed by atoms with Gasteiger partial charge in [-0.3, -0.25) is 0 Å². The van der Waals surface area contributed by atoms with Gasteiger partial charge in [-0.15, -0.1) is 0 Å². The predicted octanol–water partition coefficient (Wildman–Crippen LogP) is 3.21. The molecule has 1 fully saturated rings. The number of benzene rings is 1. The quantitative estimate of drug-likeness (QED) is 0.824. The SMILES string of the molecule is COc1ccc([C@H]2CCCCCN2)cc1C. The second-order valence-electron chi connectivity index (χ2n) is 4.59. The van der Waals surface area contributed by atoms with Crippen LogP contribution in [0.15, 0.2) is 18.2 Å². The summed E-state index contributed by atoms with van der Waals surface area (Å²) in [6.07, 6.45) is 5.26. The monoisotopic (exact) mass is 219 g/mol. The Morgan fingerprint density at radius 3 is 2.88 bits per heavy atom. The molecular weight excluding hydrogens is 198 g/mol. The standard InChI is InChI=1S/C14H21NO/c1-11-10-12(7-8-14(11)16-2)13-6-4-3-5-9-15-13/h7-8,10,13,15H,3-6,9H2,1-2H3/t13-/m1/s1. The second kappa shape index (κ2) is 5.35. The zero-order valence-electron chi connectivity index (χ0n) is 10.3. The number of hydrogen-bond acceptors (Lipinski definition) is 2. The van der Waals surface area contributed by atoms with Crippen molar-refractivity contribution in [1.82, 2.24) is 5.32 Å². The Morgan fingerprint density at radius 2 is 2.12 bits per heavy atom. The van der Waals surface area contributed by atoms with Crippen LogP contribution in [-0.2, 0) is 0 Å². The van der Waals surface area contributed by atoms with E-state index in [0.717, 1.165) is 12.3 Å². The third-order valence-electron chi connectivity index (χ3n) is 3.38. The van der Waals surface area contributed by atoms with Gasteiger partial charge in [-0.2, -0.15) is 0 Å². The second-order valence-corrected chi connectivity index (χ2v) is 4.59. The lowest BCUT2D eigenvalue weighted by Crippen LogP contribution is -2.20. The van der Waals surface area contributed by atoms with Crippen molar-refractivity contribution < 1.29 is 4.74 Å². The van der Waals surface area contributed by atoms with Gasteiger partial charge in [-0.05, 0) is 43.5 Å². The van der Waals surface area contributed by atoms with Crippen LogP contribution >= 0.6 is 0 Å². The number of hydrogen-bond donors (Lipinski definition) is 1. The molecule has 0 aromatic heterocycles. The zero-order valence-corrected chi connectivity index (χ0v) is 10.3. The lowest BCUT2D eigenvalue weighted by molar-refractivity contribution is 0.411. The van der Waals surface area contributed by atoms with Crippen molar-refractivity contribution in [3.05, 3.63) is 29.3 Å². The van der Waals surface area contributed by atoms with Crippen molar-refractivity contribution >= 4 is 0 Å². The topological polar surface area (TPSA) is 21.3 Å². The molecule has 1 heterocycles. The van der Waals surface area contributed by atoms with Crippen LogP contribution in [-0.4, -0.2) is 13.7 Å². The number of rotatable bonds is 2. The summed E-state index contributed by atoms with van der Waals surface area (Å²) in [5.41, 5.74) is 2.63. The van der Waals surface area contributed by atoms with E-state index in [1.807, 2.05) is 0 Å². The highest BCUT2D eigenvalue weighted by Crippen LogP contribution is 2.26. The molecule has 1 atom stereocenters. The van der Waals surface area contributed by atoms with Crippen molar-refractivity contribution in [1.29, 1.82) is 0 Å². The van der Waals surface area contributed by atoms with Gasteiger partial charge in [-0.25, -0.2) is 0 Å². The Balaban J connectivity index is 2.16. The van der Waals surface area contributed by atoms with E-state index in [9.17, 15) is 0 Å². The van der Waals surface area contributed by atoms with Crippen LogP contribution in [0, 0.1) is 6.92 Å². The summed E-state index contributed by atoms with van der Waals surface area (Å²) in [5.74, 6) is 0.984. The Morgan fingerprint density at radius 1 is 1.25 bits per heavy atom. The summed E-state index contributed by atoms with van der Waals surface area (Å²) in [7, 11) is 1.73. The summed E-state index contributed by atoms with van der Waals surface area (Å²) in [4.78, 5) is 0. The van der Waals surface area contributed by atoms with Crippen LogP contribution in [0.3, 0.4) is 0 Å². The van der Waals surface area contributed by atoms with Crippen LogP contribution in [0.25, 0.3) is 0 Å². The van der Waals surface area contributed by atoms with Crippen LogP contribution in [0.1, 0.15) is 42.9 Å². The highest BCUT2D eigenvalue weighted by atomic mass is 16.5. The van der Waals surface area contributed by atoms with Crippen molar-refractivity contribution in [3.63, 3.8) is 0 Å². The largest absolute Gasteiger partial charge is 0.496 e. The fraction of sp³-hybridized carbons (Fsp3) is 0.571. The highest BCUT2D eigenvalue weighted by molar-refractivity contribution is 5.37. The fourth-order valence-electron chi connectivity index (χ4n) is 2.43. The molecule has 0 amide bonds. The lowest BCUT2D eigenvalue weighted by atomic mass is 10.00. The number of ether oxygens (including phenoxy) is 1. The smallest absolute Gasteiger partial charge is 0.121 e. The maximum atomic E-state index is 5.29. The Hall–Kier alpha value is -1.02. The Bertz CT molecular complexity index is 341. The summed E-state index contributed by atoms with van der Waals surface area (Å²) in [6, 6.07) is 7.06. The van der Waals surface area contributed by atoms with E-state index >= 15 is 0 Å². The Kier molecular flexibility index (Phi) is 3.83. The predicted molar refractivity (Wildman–Crippen MR) is 66.9 cm³/mol. The molecule has 16 heavy (non-hydrogen) atoms. The van der Waals surface area contributed by atoms with Gasteiger partial charge >= 0.3 is 0 Å². The molecular formula is C14H21NO. The van der Waals surface area contributed by atoms with Crippen LogP contribution in [0.4, 0.5) is 0 Å². The van der Waals surface area contributed by atoms with Crippen molar-refractivity contribution in [2.24, 2.45) is 0 Å². The molecule has 2 rings (SSSR count). The number of nitrogens with one attached hydrogen (secondary N) is 1. The molecule has 0 aliphatic carbocycles.